The molecule has 0 fully saturated rings. The van der Waals surface area contributed by atoms with Crippen molar-refractivity contribution in [2.45, 2.75) is 19.8 Å². The third kappa shape index (κ3) is 2.58. The minimum atomic E-state index is -0.467. The first-order chi connectivity index (χ1) is 6.27. The number of carbonyl (C=O) groups excluding carboxylic acids is 1. The lowest BCUT2D eigenvalue weighted by molar-refractivity contribution is -0.109. The lowest BCUT2D eigenvalue weighted by atomic mass is 10.1. The van der Waals surface area contributed by atoms with Crippen LogP contribution in [0.2, 0.25) is 0 Å². The van der Waals surface area contributed by atoms with Crippen LogP contribution >= 0.6 is 0 Å². The maximum atomic E-state index is 10.5. The van der Waals surface area contributed by atoms with Crippen molar-refractivity contribution in [1.29, 1.82) is 0 Å². The smallest absolute Gasteiger partial charge is 0.134 e. The zero-order valence-electron chi connectivity index (χ0n) is 7.73. The second-order valence-corrected chi connectivity index (χ2v) is 3.11. The van der Waals surface area contributed by atoms with Gasteiger partial charge in [-0.3, -0.25) is 0 Å². The highest BCUT2D eigenvalue weighted by Gasteiger charge is 2.10. The molecule has 13 heavy (non-hydrogen) atoms. The average Bonchev–Trinajstić information content (AvgIpc) is 2.28. The van der Waals surface area contributed by atoms with Crippen LogP contribution in [0.15, 0.2) is 35.6 Å². The molecule has 0 radical (unpaired) electrons. The maximum absolute atomic E-state index is 10.5. The van der Waals surface area contributed by atoms with Crippen molar-refractivity contribution in [3.63, 3.8) is 0 Å². The van der Waals surface area contributed by atoms with E-state index in [1.165, 1.54) is 0 Å². The van der Waals surface area contributed by atoms with E-state index in [2.05, 4.69) is 6.92 Å². The van der Waals surface area contributed by atoms with Crippen LogP contribution in [-0.4, -0.2) is 11.4 Å². The first-order valence-corrected chi connectivity index (χ1v) is 4.51. The van der Waals surface area contributed by atoms with Crippen molar-refractivity contribution in [1.82, 2.24) is 0 Å². The molecule has 1 rings (SSSR count). The highest BCUT2D eigenvalue weighted by atomic mass is 16.3. The van der Waals surface area contributed by atoms with E-state index in [0.717, 1.165) is 24.7 Å². The van der Waals surface area contributed by atoms with E-state index >= 15 is 0 Å². The summed E-state index contributed by atoms with van der Waals surface area (Å²) in [6.07, 6.45) is 9.84. The van der Waals surface area contributed by atoms with Gasteiger partial charge in [-0.25, -0.2) is 0 Å². The number of aliphatic hydroxyl groups excluding tert-OH is 1. The molecule has 0 amide bonds. The molecule has 0 saturated carbocycles. The van der Waals surface area contributed by atoms with Crippen molar-refractivity contribution in [3.05, 3.63) is 35.6 Å². The number of rotatable bonds is 3. The van der Waals surface area contributed by atoms with Gasteiger partial charge in [0.2, 0.25) is 0 Å². The monoisotopic (exact) mass is 178 g/mol. The summed E-state index contributed by atoms with van der Waals surface area (Å²) >= 11 is 0. The fourth-order valence-corrected chi connectivity index (χ4v) is 1.29. The molecular weight excluding hydrogens is 164 g/mol. The third-order valence-corrected chi connectivity index (χ3v) is 1.99. The zero-order chi connectivity index (χ0) is 9.68. The Balaban J connectivity index is 2.82. The second kappa shape index (κ2) is 4.65. The Morgan fingerprint density at radius 3 is 3.00 bits per heavy atom. The van der Waals surface area contributed by atoms with Gasteiger partial charge in [0.1, 0.15) is 12.0 Å². The number of aldehydes is 1. The molecule has 1 N–H and O–H groups in total. The summed E-state index contributed by atoms with van der Waals surface area (Å²) < 4.78 is 0. The van der Waals surface area contributed by atoms with Crippen LogP contribution in [-0.2, 0) is 4.79 Å². The standard InChI is InChI=1S/C11H14O2/c1-2-4-9-5-3-6-10(8-12)11(13)7-9/h3,5-8,10,13H,2,4H2,1H3. The Morgan fingerprint density at radius 1 is 1.62 bits per heavy atom. The summed E-state index contributed by atoms with van der Waals surface area (Å²) in [5.41, 5.74) is 1.07. The molecule has 0 heterocycles. The largest absolute Gasteiger partial charge is 0.511 e. The fraction of sp³-hybridized carbons (Fsp3) is 0.364. The van der Waals surface area contributed by atoms with Crippen LogP contribution in [0.25, 0.3) is 0 Å². The number of allylic oxidation sites excluding steroid dienone is 5. The van der Waals surface area contributed by atoms with E-state index in [-0.39, 0.29) is 5.76 Å². The summed E-state index contributed by atoms with van der Waals surface area (Å²) in [6, 6.07) is 0. The molecule has 1 atom stereocenters. The Kier molecular flexibility index (Phi) is 3.50. The van der Waals surface area contributed by atoms with Crippen molar-refractivity contribution >= 4 is 6.29 Å². The molecule has 0 bridgehead atoms. The van der Waals surface area contributed by atoms with Crippen molar-refractivity contribution in [2.75, 3.05) is 0 Å². The van der Waals surface area contributed by atoms with Gasteiger partial charge in [0.15, 0.2) is 0 Å². The predicted molar refractivity (Wildman–Crippen MR) is 52.4 cm³/mol. The van der Waals surface area contributed by atoms with Gasteiger partial charge in [-0.05, 0) is 18.1 Å². The fourth-order valence-electron chi connectivity index (χ4n) is 1.29. The van der Waals surface area contributed by atoms with Crippen molar-refractivity contribution < 1.29 is 9.90 Å². The summed E-state index contributed by atoms with van der Waals surface area (Å²) in [5, 5.41) is 9.48. The number of hydrogen-bond acceptors (Lipinski definition) is 2. The molecule has 0 saturated heterocycles. The highest BCUT2D eigenvalue weighted by Crippen LogP contribution is 2.17. The molecule has 2 heteroatoms. The maximum Gasteiger partial charge on any atom is 0.134 e. The molecule has 1 unspecified atom stereocenters. The molecule has 1 aliphatic rings. The summed E-state index contributed by atoms with van der Waals surface area (Å²) in [6.45, 7) is 2.08. The molecule has 0 aromatic rings. The number of carbonyl (C=O) groups is 1. The Morgan fingerprint density at radius 2 is 2.38 bits per heavy atom. The van der Waals surface area contributed by atoms with Crippen LogP contribution in [0, 0.1) is 5.92 Å². The predicted octanol–water partition coefficient (Wildman–Crippen LogP) is 2.54. The van der Waals surface area contributed by atoms with Gasteiger partial charge in [0, 0.05) is 0 Å². The topological polar surface area (TPSA) is 37.3 Å². The Bertz CT molecular complexity index is 272. The van der Waals surface area contributed by atoms with Crippen LogP contribution in [0.3, 0.4) is 0 Å². The van der Waals surface area contributed by atoms with E-state index < -0.39 is 5.92 Å². The molecule has 0 aromatic heterocycles. The quantitative estimate of drug-likeness (QED) is 0.674. The number of aliphatic hydroxyl groups is 1. The second-order valence-electron chi connectivity index (χ2n) is 3.11. The van der Waals surface area contributed by atoms with Crippen molar-refractivity contribution in [2.24, 2.45) is 5.92 Å². The molecule has 1 aliphatic carbocycles. The van der Waals surface area contributed by atoms with Gasteiger partial charge >= 0.3 is 0 Å². The van der Waals surface area contributed by atoms with Gasteiger partial charge < -0.3 is 9.90 Å². The van der Waals surface area contributed by atoms with Crippen LogP contribution in [0.5, 0.6) is 0 Å². The van der Waals surface area contributed by atoms with E-state index in [9.17, 15) is 9.90 Å². The first-order valence-electron chi connectivity index (χ1n) is 4.51. The third-order valence-electron chi connectivity index (χ3n) is 1.99. The molecule has 0 aromatic carbocycles. The van der Waals surface area contributed by atoms with Gasteiger partial charge in [0.25, 0.3) is 0 Å². The van der Waals surface area contributed by atoms with Gasteiger partial charge in [-0.15, -0.1) is 0 Å². The minimum absolute atomic E-state index is 0.142. The Labute approximate surface area is 78.3 Å². The SMILES string of the molecule is CCCC1=CC=CC(C=O)C(O)=C1. The van der Waals surface area contributed by atoms with E-state index in [1.807, 2.05) is 12.2 Å². The summed E-state index contributed by atoms with van der Waals surface area (Å²) in [7, 11) is 0. The number of hydrogen-bond donors (Lipinski definition) is 1. The first kappa shape index (κ1) is 9.78. The molecule has 70 valence electrons. The molecule has 2 nitrogen and oxygen atoms in total. The van der Waals surface area contributed by atoms with E-state index in [4.69, 9.17) is 0 Å². The van der Waals surface area contributed by atoms with E-state index in [0.29, 0.717) is 0 Å². The lowest BCUT2D eigenvalue weighted by Gasteiger charge is -2.02. The normalized spacial score (nSPS) is 21.8. The highest BCUT2D eigenvalue weighted by molar-refractivity contribution is 5.62. The minimum Gasteiger partial charge on any atom is -0.511 e. The van der Waals surface area contributed by atoms with E-state index in [1.54, 1.807) is 12.2 Å². The van der Waals surface area contributed by atoms with Gasteiger partial charge in [0.05, 0.1) is 5.92 Å². The van der Waals surface area contributed by atoms with Crippen LogP contribution < -0.4 is 0 Å². The average molecular weight is 178 g/mol. The molecular formula is C11H14O2. The summed E-state index contributed by atoms with van der Waals surface area (Å²) in [5.74, 6) is -0.325. The van der Waals surface area contributed by atoms with Crippen molar-refractivity contribution in [3.8, 4) is 0 Å². The van der Waals surface area contributed by atoms with Crippen LogP contribution in [0.4, 0.5) is 0 Å². The Hall–Kier alpha value is -1.31. The van der Waals surface area contributed by atoms with Crippen LogP contribution in [0.1, 0.15) is 19.8 Å². The van der Waals surface area contributed by atoms with Gasteiger partial charge in [-0.1, -0.05) is 31.6 Å². The summed E-state index contributed by atoms with van der Waals surface area (Å²) in [4.78, 5) is 10.5. The van der Waals surface area contributed by atoms with Gasteiger partial charge in [-0.2, -0.15) is 0 Å². The lowest BCUT2D eigenvalue weighted by Crippen LogP contribution is -2.01. The zero-order valence-corrected chi connectivity index (χ0v) is 7.73. The molecule has 0 spiro atoms. The molecule has 0 aliphatic heterocycles.